The SMILES string of the molecule is CCCN(CC)Cc1ccccc1C. The van der Waals surface area contributed by atoms with Crippen LogP contribution in [0.5, 0.6) is 0 Å². The number of rotatable bonds is 5. The fourth-order valence-electron chi connectivity index (χ4n) is 1.69. The van der Waals surface area contributed by atoms with E-state index in [-0.39, 0.29) is 0 Å². The van der Waals surface area contributed by atoms with Crippen LogP contribution in [0.2, 0.25) is 0 Å². The first kappa shape index (κ1) is 11.3. The number of nitrogens with zero attached hydrogens (tertiary/aromatic N) is 1. The van der Waals surface area contributed by atoms with Gasteiger partial charge >= 0.3 is 0 Å². The van der Waals surface area contributed by atoms with Crippen molar-refractivity contribution in [2.24, 2.45) is 0 Å². The molecule has 0 saturated heterocycles. The Labute approximate surface area is 87.7 Å². The summed E-state index contributed by atoms with van der Waals surface area (Å²) in [7, 11) is 0. The molecule has 0 aliphatic carbocycles. The lowest BCUT2D eigenvalue weighted by Crippen LogP contribution is -2.23. The standard InChI is InChI=1S/C13H21N/c1-4-10-14(5-2)11-13-9-7-6-8-12(13)3/h6-9H,4-5,10-11H2,1-3H3. The van der Waals surface area contributed by atoms with Crippen LogP contribution in [0.4, 0.5) is 0 Å². The van der Waals surface area contributed by atoms with Crippen molar-refractivity contribution >= 4 is 0 Å². The Morgan fingerprint density at radius 1 is 1.14 bits per heavy atom. The third-order valence-corrected chi connectivity index (χ3v) is 2.64. The molecular formula is C13H21N. The summed E-state index contributed by atoms with van der Waals surface area (Å²) in [6.45, 7) is 10.1. The molecule has 0 atom stereocenters. The fourth-order valence-corrected chi connectivity index (χ4v) is 1.69. The highest BCUT2D eigenvalue weighted by Gasteiger charge is 2.03. The predicted octanol–water partition coefficient (Wildman–Crippen LogP) is 3.23. The van der Waals surface area contributed by atoms with Crippen molar-refractivity contribution < 1.29 is 0 Å². The second-order valence-electron chi connectivity index (χ2n) is 3.80. The van der Waals surface area contributed by atoms with Crippen molar-refractivity contribution in [3.8, 4) is 0 Å². The molecule has 0 radical (unpaired) electrons. The second kappa shape index (κ2) is 5.82. The van der Waals surface area contributed by atoms with Crippen LogP contribution in [0.25, 0.3) is 0 Å². The summed E-state index contributed by atoms with van der Waals surface area (Å²) in [5.41, 5.74) is 2.87. The number of hydrogen-bond acceptors (Lipinski definition) is 1. The van der Waals surface area contributed by atoms with Crippen LogP contribution >= 0.6 is 0 Å². The largest absolute Gasteiger partial charge is 0.299 e. The predicted molar refractivity (Wildman–Crippen MR) is 62.4 cm³/mol. The van der Waals surface area contributed by atoms with Crippen molar-refractivity contribution in [1.82, 2.24) is 4.90 Å². The maximum Gasteiger partial charge on any atom is 0.0236 e. The van der Waals surface area contributed by atoms with Crippen molar-refractivity contribution in [1.29, 1.82) is 0 Å². The zero-order valence-electron chi connectivity index (χ0n) is 9.59. The monoisotopic (exact) mass is 191 g/mol. The highest BCUT2D eigenvalue weighted by atomic mass is 15.1. The van der Waals surface area contributed by atoms with E-state index in [0.29, 0.717) is 0 Å². The molecule has 0 heterocycles. The molecule has 1 aromatic rings. The van der Waals surface area contributed by atoms with E-state index < -0.39 is 0 Å². The first-order valence-corrected chi connectivity index (χ1v) is 5.54. The van der Waals surface area contributed by atoms with Crippen LogP contribution < -0.4 is 0 Å². The maximum atomic E-state index is 2.49. The molecule has 0 saturated carbocycles. The molecule has 0 N–H and O–H groups in total. The summed E-state index contributed by atoms with van der Waals surface area (Å²) in [4.78, 5) is 2.49. The van der Waals surface area contributed by atoms with Gasteiger partial charge in [0.15, 0.2) is 0 Å². The Hall–Kier alpha value is -0.820. The van der Waals surface area contributed by atoms with Gasteiger partial charge < -0.3 is 0 Å². The molecule has 1 rings (SSSR count). The van der Waals surface area contributed by atoms with Crippen molar-refractivity contribution in [2.75, 3.05) is 13.1 Å². The van der Waals surface area contributed by atoms with Crippen LogP contribution in [0, 0.1) is 6.92 Å². The van der Waals surface area contributed by atoms with Crippen molar-refractivity contribution in [3.05, 3.63) is 35.4 Å². The molecule has 0 amide bonds. The molecule has 0 fully saturated rings. The van der Waals surface area contributed by atoms with E-state index in [2.05, 4.69) is 49.9 Å². The molecule has 0 aromatic heterocycles. The lowest BCUT2D eigenvalue weighted by Gasteiger charge is -2.20. The Morgan fingerprint density at radius 3 is 2.43 bits per heavy atom. The number of benzene rings is 1. The van der Waals surface area contributed by atoms with Gasteiger partial charge in [-0.05, 0) is 37.6 Å². The zero-order valence-corrected chi connectivity index (χ0v) is 9.59. The zero-order chi connectivity index (χ0) is 10.4. The topological polar surface area (TPSA) is 3.24 Å². The summed E-state index contributed by atoms with van der Waals surface area (Å²) in [5, 5.41) is 0. The molecule has 0 spiro atoms. The Morgan fingerprint density at radius 2 is 1.86 bits per heavy atom. The average molecular weight is 191 g/mol. The lowest BCUT2D eigenvalue weighted by molar-refractivity contribution is 0.280. The van der Waals surface area contributed by atoms with Gasteiger partial charge in [-0.3, -0.25) is 4.90 Å². The summed E-state index contributed by atoms with van der Waals surface area (Å²) >= 11 is 0. The van der Waals surface area contributed by atoms with E-state index in [9.17, 15) is 0 Å². The van der Waals surface area contributed by atoms with Gasteiger partial charge in [0.25, 0.3) is 0 Å². The lowest BCUT2D eigenvalue weighted by atomic mass is 10.1. The van der Waals surface area contributed by atoms with Gasteiger partial charge in [0.2, 0.25) is 0 Å². The molecular weight excluding hydrogens is 170 g/mol. The minimum atomic E-state index is 1.09. The second-order valence-corrected chi connectivity index (χ2v) is 3.80. The van der Waals surface area contributed by atoms with E-state index in [1.165, 1.54) is 24.1 Å². The van der Waals surface area contributed by atoms with E-state index in [1.807, 2.05) is 0 Å². The fraction of sp³-hybridized carbons (Fsp3) is 0.538. The summed E-state index contributed by atoms with van der Waals surface area (Å²) in [5.74, 6) is 0. The van der Waals surface area contributed by atoms with E-state index in [0.717, 1.165) is 13.1 Å². The van der Waals surface area contributed by atoms with Crippen molar-refractivity contribution in [2.45, 2.75) is 33.7 Å². The van der Waals surface area contributed by atoms with Gasteiger partial charge in [-0.25, -0.2) is 0 Å². The Balaban J connectivity index is 2.62. The van der Waals surface area contributed by atoms with Gasteiger partial charge in [-0.1, -0.05) is 38.1 Å². The molecule has 78 valence electrons. The average Bonchev–Trinajstić information content (AvgIpc) is 2.20. The van der Waals surface area contributed by atoms with E-state index >= 15 is 0 Å². The maximum absolute atomic E-state index is 2.49. The number of aryl methyl sites for hydroxylation is 1. The van der Waals surface area contributed by atoms with Gasteiger partial charge in [0, 0.05) is 6.54 Å². The molecule has 0 aliphatic rings. The van der Waals surface area contributed by atoms with Crippen LogP contribution in [-0.2, 0) is 6.54 Å². The summed E-state index contributed by atoms with van der Waals surface area (Å²) < 4.78 is 0. The molecule has 0 bridgehead atoms. The van der Waals surface area contributed by atoms with Crippen LogP contribution in [0.15, 0.2) is 24.3 Å². The Bertz CT molecular complexity index is 268. The quantitative estimate of drug-likeness (QED) is 0.690. The van der Waals surface area contributed by atoms with Gasteiger partial charge in [-0.2, -0.15) is 0 Å². The highest BCUT2D eigenvalue weighted by Crippen LogP contribution is 2.10. The molecule has 0 unspecified atom stereocenters. The van der Waals surface area contributed by atoms with Crippen LogP contribution in [0.3, 0.4) is 0 Å². The molecule has 1 nitrogen and oxygen atoms in total. The van der Waals surface area contributed by atoms with Crippen LogP contribution in [-0.4, -0.2) is 18.0 Å². The summed E-state index contributed by atoms with van der Waals surface area (Å²) in [6, 6.07) is 8.65. The molecule has 1 aromatic carbocycles. The first-order valence-electron chi connectivity index (χ1n) is 5.54. The first-order chi connectivity index (χ1) is 6.77. The smallest absolute Gasteiger partial charge is 0.0236 e. The minimum absolute atomic E-state index is 1.09. The highest BCUT2D eigenvalue weighted by molar-refractivity contribution is 5.25. The van der Waals surface area contributed by atoms with Crippen LogP contribution in [0.1, 0.15) is 31.4 Å². The van der Waals surface area contributed by atoms with E-state index in [1.54, 1.807) is 0 Å². The minimum Gasteiger partial charge on any atom is -0.299 e. The third-order valence-electron chi connectivity index (χ3n) is 2.64. The molecule has 1 heteroatoms. The van der Waals surface area contributed by atoms with Gasteiger partial charge in [0.1, 0.15) is 0 Å². The molecule has 0 aliphatic heterocycles. The molecule has 14 heavy (non-hydrogen) atoms. The van der Waals surface area contributed by atoms with Gasteiger partial charge in [0.05, 0.1) is 0 Å². The number of hydrogen-bond donors (Lipinski definition) is 0. The third kappa shape index (κ3) is 3.15. The van der Waals surface area contributed by atoms with E-state index in [4.69, 9.17) is 0 Å². The van der Waals surface area contributed by atoms with Crippen molar-refractivity contribution in [3.63, 3.8) is 0 Å². The van der Waals surface area contributed by atoms with Gasteiger partial charge in [-0.15, -0.1) is 0 Å². The Kier molecular flexibility index (Phi) is 4.68. The normalized spacial score (nSPS) is 10.9. The summed E-state index contributed by atoms with van der Waals surface area (Å²) in [6.07, 6.45) is 1.24.